The second-order valence-electron chi connectivity index (χ2n) is 3.60. The van der Waals surface area contributed by atoms with Crippen LogP contribution in [0.3, 0.4) is 0 Å². The Hall–Kier alpha value is -0.900. The van der Waals surface area contributed by atoms with E-state index in [9.17, 15) is 0 Å². The molecule has 1 fully saturated rings. The Morgan fingerprint density at radius 1 is 1.54 bits per heavy atom. The standard InChI is InChI=1S/C9H16N4/c1-2-11-8-3-4-9(5-8)13-7-10-6-12-13/h6-9,11H,2-5H2,1H3. The first-order valence-corrected chi connectivity index (χ1v) is 4.97. The fourth-order valence-corrected chi connectivity index (χ4v) is 2.08. The van der Waals surface area contributed by atoms with E-state index in [2.05, 4.69) is 22.3 Å². The summed E-state index contributed by atoms with van der Waals surface area (Å²) in [6.07, 6.45) is 7.11. The Kier molecular flexibility index (Phi) is 2.59. The molecule has 0 aromatic carbocycles. The molecular formula is C9H16N4. The smallest absolute Gasteiger partial charge is 0.137 e. The van der Waals surface area contributed by atoms with E-state index in [1.807, 2.05) is 11.0 Å². The van der Waals surface area contributed by atoms with Crippen molar-refractivity contribution in [3.05, 3.63) is 12.7 Å². The fourth-order valence-electron chi connectivity index (χ4n) is 2.08. The van der Waals surface area contributed by atoms with Crippen LogP contribution >= 0.6 is 0 Å². The van der Waals surface area contributed by atoms with Gasteiger partial charge in [-0.2, -0.15) is 5.10 Å². The lowest BCUT2D eigenvalue weighted by Crippen LogP contribution is -2.26. The molecule has 1 aromatic rings. The topological polar surface area (TPSA) is 42.7 Å². The molecule has 1 aliphatic rings. The van der Waals surface area contributed by atoms with Crippen molar-refractivity contribution in [2.45, 2.75) is 38.3 Å². The van der Waals surface area contributed by atoms with E-state index in [0.717, 1.165) is 6.54 Å². The van der Waals surface area contributed by atoms with Gasteiger partial charge in [0, 0.05) is 6.04 Å². The van der Waals surface area contributed by atoms with E-state index >= 15 is 0 Å². The summed E-state index contributed by atoms with van der Waals surface area (Å²) >= 11 is 0. The summed E-state index contributed by atoms with van der Waals surface area (Å²) in [6, 6.07) is 1.24. The molecule has 13 heavy (non-hydrogen) atoms. The highest BCUT2D eigenvalue weighted by Crippen LogP contribution is 2.28. The van der Waals surface area contributed by atoms with Crippen LogP contribution in [0.2, 0.25) is 0 Å². The molecule has 0 spiro atoms. The summed E-state index contributed by atoms with van der Waals surface area (Å²) in [7, 11) is 0. The Balaban J connectivity index is 1.91. The summed E-state index contributed by atoms with van der Waals surface area (Å²) in [5.74, 6) is 0. The van der Waals surface area contributed by atoms with Crippen LogP contribution in [0.5, 0.6) is 0 Å². The molecule has 1 saturated carbocycles. The van der Waals surface area contributed by atoms with Crippen molar-refractivity contribution < 1.29 is 0 Å². The van der Waals surface area contributed by atoms with Gasteiger partial charge in [0.25, 0.3) is 0 Å². The zero-order chi connectivity index (χ0) is 9.10. The number of rotatable bonds is 3. The number of hydrogen-bond acceptors (Lipinski definition) is 3. The molecule has 1 heterocycles. The Labute approximate surface area is 78.4 Å². The number of nitrogens with one attached hydrogen (secondary N) is 1. The third-order valence-corrected chi connectivity index (χ3v) is 2.71. The first-order valence-electron chi connectivity index (χ1n) is 4.97. The lowest BCUT2D eigenvalue weighted by atomic mass is 10.2. The van der Waals surface area contributed by atoms with Gasteiger partial charge in [0.05, 0.1) is 6.04 Å². The highest BCUT2D eigenvalue weighted by molar-refractivity contribution is 4.83. The van der Waals surface area contributed by atoms with Crippen molar-refractivity contribution in [3.8, 4) is 0 Å². The van der Waals surface area contributed by atoms with Crippen molar-refractivity contribution in [1.82, 2.24) is 20.1 Å². The predicted molar refractivity (Wildman–Crippen MR) is 50.4 cm³/mol. The molecule has 4 nitrogen and oxygen atoms in total. The first kappa shape index (κ1) is 8.69. The van der Waals surface area contributed by atoms with E-state index in [1.54, 1.807) is 6.33 Å². The maximum Gasteiger partial charge on any atom is 0.137 e. The van der Waals surface area contributed by atoms with E-state index in [1.165, 1.54) is 19.3 Å². The van der Waals surface area contributed by atoms with Gasteiger partial charge < -0.3 is 5.32 Å². The molecule has 0 amide bonds. The molecule has 2 unspecified atom stereocenters. The van der Waals surface area contributed by atoms with Crippen LogP contribution in [0.25, 0.3) is 0 Å². The number of aromatic nitrogens is 3. The summed E-state index contributed by atoms with van der Waals surface area (Å²) in [5.41, 5.74) is 0. The van der Waals surface area contributed by atoms with Crippen molar-refractivity contribution >= 4 is 0 Å². The SMILES string of the molecule is CCNC1CCC(n2cncn2)C1. The van der Waals surface area contributed by atoms with Gasteiger partial charge in [-0.3, -0.25) is 0 Å². The zero-order valence-electron chi connectivity index (χ0n) is 7.98. The van der Waals surface area contributed by atoms with Gasteiger partial charge in [0.15, 0.2) is 0 Å². The largest absolute Gasteiger partial charge is 0.314 e. The van der Waals surface area contributed by atoms with Gasteiger partial charge in [0.2, 0.25) is 0 Å². The van der Waals surface area contributed by atoms with Crippen LogP contribution in [0.4, 0.5) is 0 Å². The Morgan fingerprint density at radius 2 is 2.46 bits per heavy atom. The highest BCUT2D eigenvalue weighted by atomic mass is 15.3. The average Bonchev–Trinajstić information content (AvgIpc) is 2.70. The molecule has 0 bridgehead atoms. The molecule has 72 valence electrons. The van der Waals surface area contributed by atoms with Gasteiger partial charge >= 0.3 is 0 Å². The van der Waals surface area contributed by atoms with Crippen molar-refractivity contribution in [2.75, 3.05) is 6.54 Å². The minimum Gasteiger partial charge on any atom is -0.314 e. The molecule has 1 N–H and O–H groups in total. The Morgan fingerprint density at radius 3 is 3.15 bits per heavy atom. The molecule has 0 saturated heterocycles. The minimum absolute atomic E-state index is 0.562. The maximum atomic E-state index is 4.17. The van der Waals surface area contributed by atoms with E-state index in [0.29, 0.717) is 12.1 Å². The van der Waals surface area contributed by atoms with Crippen LogP contribution in [-0.4, -0.2) is 27.4 Å². The third kappa shape index (κ3) is 1.88. The second kappa shape index (κ2) is 3.87. The lowest BCUT2D eigenvalue weighted by Gasteiger charge is -2.11. The predicted octanol–water partition coefficient (Wildman–Crippen LogP) is 0.981. The van der Waals surface area contributed by atoms with Gasteiger partial charge in [-0.05, 0) is 25.8 Å². The molecular weight excluding hydrogens is 164 g/mol. The molecule has 1 aromatic heterocycles. The quantitative estimate of drug-likeness (QED) is 0.754. The molecule has 2 rings (SSSR count). The second-order valence-corrected chi connectivity index (χ2v) is 3.60. The molecule has 2 atom stereocenters. The van der Waals surface area contributed by atoms with Crippen LogP contribution in [-0.2, 0) is 0 Å². The van der Waals surface area contributed by atoms with Crippen molar-refractivity contribution in [1.29, 1.82) is 0 Å². The highest BCUT2D eigenvalue weighted by Gasteiger charge is 2.25. The maximum absolute atomic E-state index is 4.17. The summed E-state index contributed by atoms with van der Waals surface area (Å²) in [5, 5.41) is 7.65. The molecule has 1 aliphatic carbocycles. The van der Waals surface area contributed by atoms with Crippen LogP contribution in [0.1, 0.15) is 32.2 Å². The van der Waals surface area contributed by atoms with Crippen molar-refractivity contribution in [2.24, 2.45) is 0 Å². The molecule has 0 aliphatic heterocycles. The summed E-state index contributed by atoms with van der Waals surface area (Å²) in [4.78, 5) is 3.97. The van der Waals surface area contributed by atoms with Gasteiger partial charge in [-0.25, -0.2) is 9.67 Å². The van der Waals surface area contributed by atoms with Crippen LogP contribution in [0, 0.1) is 0 Å². The minimum atomic E-state index is 0.562. The third-order valence-electron chi connectivity index (χ3n) is 2.71. The van der Waals surface area contributed by atoms with E-state index < -0.39 is 0 Å². The number of nitrogens with zero attached hydrogens (tertiary/aromatic N) is 3. The monoisotopic (exact) mass is 180 g/mol. The number of hydrogen-bond donors (Lipinski definition) is 1. The average molecular weight is 180 g/mol. The normalized spacial score (nSPS) is 28.1. The van der Waals surface area contributed by atoms with Gasteiger partial charge in [0.1, 0.15) is 12.7 Å². The fraction of sp³-hybridized carbons (Fsp3) is 0.778. The van der Waals surface area contributed by atoms with Gasteiger partial charge in [-0.1, -0.05) is 6.92 Å². The van der Waals surface area contributed by atoms with E-state index in [-0.39, 0.29) is 0 Å². The molecule has 0 radical (unpaired) electrons. The Bertz CT molecular complexity index is 244. The lowest BCUT2D eigenvalue weighted by molar-refractivity contribution is 0.444. The summed E-state index contributed by atoms with van der Waals surface area (Å²) in [6.45, 7) is 3.22. The zero-order valence-corrected chi connectivity index (χ0v) is 7.98. The van der Waals surface area contributed by atoms with E-state index in [4.69, 9.17) is 0 Å². The van der Waals surface area contributed by atoms with Crippen LogP contribution in [0.15, 0.2) is 12.7 Å². The van der Waals surface area contributed by atoms with Gasteiger partial charge in [-0.15, -0.1) is 0 Å². The molecule has 4 heteroatoms. The summed E-state index contributed by atoms with van der Waals surface area (Å²) < 4.78 is 1.98. The van der Waals surface area contributed by atoms with Crippen LogP contribution < -0.4 is 5.32 Å². The first-order chi connectivity index (χ1) is 6.40. The van der Waals surface area contributed by atoms with Crippen molar-refractivity contribution in [3.63, 3.8) is 0 Å².